The van der Waals surface area contributed by atoms with Gasteiger partial charge in [-0.25, -0.2) is 9.18 Å². The number of nitro benzene ring substituents is 1. The highest BCUT2D eigenvalue weighted by molar-refractivity contribution is 5.89. The summed E-state index contributed by atoms with van der Waals surface area (Å²) < 4.78 is 18.6. The number of anilines is 1. The highest BCUT2D eigenvalue weighted by Gasteiger charge is 2.38. The van der Waals surface area contributed by atoms with Crippen LogP contribution >= 0.6 is 0 Å². The van der Waals surface area contributed by atoms with Crippen molar-refractivity contribution in [2.75, 3.05) is 26.0 Å². The fourth-order valence-electron chi connectivity index (χ4n) is 3.69. The van der Waals surface area contributed by atoms with E-state index in [-0.39, 0.29) is 24.4 Å². The number of hydrogen-bond donors (Lipinski definition) is 1. The van der Waals surface area contributed by atoms with Crippen LogP contribution in [0.1, 0.15) is 42.2 Å². The highest BCUT2D eigenvalue weighted by atomic mass is 19.1. The van der Waals surface area contributed by atoms with Crippen LogP contribution in [0.25, 0.3) is 0 Å². The lowest BCUT2D eigenvalue weighted by molar-refractivity contribution is -0.384. The number of nitro groups is 1. The summed E-state index contributed by atoms with van der Waals surface area (Å²) in [5.41, 5.74) is 1.67. The maximum Gasteiger partial charge on any atom is 0.338 e. The Morgan fingerprint density at radius 2 is 1.93 bits per heavy atom. The van der Waals surface area contributed by atoms with Gasteiger partial charge < -0.3 is 15.0 Å². The van der Waals surface area contributed by atoms with E-state index >= 15 is 0 Å². The number of esters is 1. The van der Waals surface area contributed by atoms with E-state index in [1.807, 2.05) is 32.8 Å². The standard InChI is InChI=1S/C22H26FN3O4/c1-22(2,13-30-21(27)14-5-7-15(23)8-6-14)20-12-19(25(3)4)17-11-16(26(28)29)9-10-18(17)24-20/h5-11,19-20,24H,12-13H2,1-4H3. The number of hydrogen-bond acceptors (Lipinski definition) is 6. The Morgan fingerprint density at radius 3 is 2.53 bits per heavy atom. The Balaban J connectivity index is 1.76. The molecule has 0 bridgehead atoms. The number of fused-ring (bicyclic) bond motifs is 1. The highest BCUT2D eigenvalue weighted by Crippen LogP contribution is 2.42. The number of nitrogens with one attached hydrogen (secondary N) is 1. The van der Waals surface area contributed by atoms with E-state index in [0.29, 0.717) is 12.0 Å². The summed E-state index contributed by atoms with van der Waals surface area (Å²) in [5.74, 6) is -0.911. The molecule has 0 spiro atoms. The molecule has 0 saturated heterocycles. The van der Waals surface area contributed by atoms with Gasteiger partial charge >= 0.3 is 5.97 Å². The van der Waals surface area contributed by atoms with E-state index in [1.165, 1.54) is 30.3 Å². The average Bonchev–Trinajstić information content (AvgIpc) is 2.71. The zero-order valence-corrected chi connectivity index (χ0v) is 17.5. The first kappa shape index (κ1) is 21.7. The first-order valence-electron chi connectivity index (χ1n) is 9.72. The third-order valence-electron chi connectivity index (χ3n) is 5.62. The predicted molar refractivity (Wildman–Crippen MR) is 112 cm³/mol. The minimum atomic E-state index is -0.501. The molecule has 30 heavy (non-hydrogen) atoms. The third-order valence-corrected chi connectivity index (χ3v) is 5.62. The van der Waals surface area contributed by atoms with Gasteiger partial charge in [-0.05, 0) is 56.4 Å². The first-order chi connectivity index (χ1) is 14.1. The van der Waals surface area contributed by atoms with Crippen molar-refractivity contribution in [1.82, 2.24) is 4.90 Å². The lowest BCUT2D eigenvalue weighted by Crippen LogP contribution is -2.45. The van der Waals surface area contributed by atoms with Crippen molar-refractivity contribution in [1.29, 1.82) is 0 Å². The molecule has 0 aromatic heterocycles. The van der Waals surface area contributed by atoms with Crippen molar-refractivity contribution in [3.63, 3.8) is 0 Å². The van der Waals surface area contributed by atoms with Crippen molar-refractivity contribution in [3.8, 4) is 0 Å². The van der Waals surface area contributed by atoms with Gasteiger partial charge in [-0.1, -0.05) is 13.8 Å². The fourth-order valence-corrected chi connectivity index (χ4v) is 3.69. The number of non-ortho nitro benzene ring substituents is 1. The van der Waals surface area contributed by atoms with Crippen molar-refractivity contribution in [2.24, 2.45) is 5.41 Å². The molecule has 1 aliphatic rings. The molecular formula is C22H26FN3O4. The normalized spacial score (nSPS) is 18.5. The molecule has 0 radical (unpaired) electrons. The molecule has 0 fully saturated rings. The van der Waals surface area contributed by atoms with Crippen LogP contribution in [0.15, 0.2) is 42.5 Å². The monoisotopic (exact) mass is 415 g/mol. The number of carbonyl (C=O) groups excluding carboxylic acids is 1. The molecule has 2 unspecified atom stereocenters. The zero-order valence-electron chi connectivity index (χ0n) is 17.5. The van der Waals surface area contributed by atoms with Crippen molar-refractivity contribution in [3.05, 3.63) is 69.5 Å². The topological polar surface area (TPSA) is 84.7 Å². The Labute approximate surface area is 175 Å². The Kier molecular flexibility index (Phi) is 6.07. The van der Waals surface area contributed by atoms with Crippen LogP contribution in [0.4, 0.5) is 15.8 Å². The van der Waals surface area contributed by atoms with Gasteiger partial charge in [-0.15, -0.1) is 0 Å². The number of ether oxygens (including phenoxy) is 1. The molecule has 0 aliphatic carbocycles. The molecule has 7 nitrogen and oxygen atoms in total. The van der Waals surface area contributed by atoms with E-state index in [9.17, 15) is 19.3 Å². The second-order valence-corrected chi connectivity index (χ2v) is 8.51. The Bertz CT molecular complexity index is 944. The van der Waals surface area contributed by atoms with Gasteiger partial charge in [-0.3, -0.25) is 10.1 Å². The van der Waals surface area contributed by atoms with Gasteiger partial charge in [0.2, 0.25) is 0 Å². The van der Waals surface area contributed by atoms with Crippen LogP contribution in [0.3, 0.4) is 0 Å². The van der Waals surface area contributed by atoms with Gasteiger partial charge in [0, 0.05) is 35.3 Å². The minimum absolute atomic E-state index is 0.0155. The quantitative estimate of drug-likeness (QED) is 0.428. The maximum atomic E-state index is 13.1. The largest absolute Gasteiger partial charge is 0.461 e. The second-order valence-electron chi connectivity index (χ2n) is 8.51. The summed E-state index contributed by atoms with van der Waals surface area (Å²) in [6.45, 7) is 4.18. The molecule has 1 aliphatic heterocycles. The van der Waals surface area contributed by atoms with Crippen molar-refractivity contribution in [2.45, 2.75) is 32.4 Å². The molecule has 3 rings (SSSR count). The Morgan fingerprint density at radius 1 is 1.27 bits per heavy atom. The maximum absolute atomic E-state index is 13.1. The molecule has 8 heteroatoms. The summed E-state index contributed by atoms with van der Waals surface area (Å²) in [6, 6.07) is 10.0. The second kappa shape index (κ2) is 8.39. The molecule has 0 saturated carbocycles. The number of nitrogens with zero attached hydrogens (tertiary/aromatic N) is 2. The lowest BCUT2D eigenvalue weighted by atomic mass is 9.77. The van der Waals surface area contributed by atoms with E-state index < -0.39 is 22.1 Å². The minimum Gasteiger partial charge on any atom is -0.461 e. The predicted octanol–water partition coefficient (Wildman–Crippen LogP) is 4.40. The Hall–Kier alpha value is -3.00. The molecular weight excluding hydrogens is 389 g/mol. The zero-order chi connectivity index (χ0) is 22.1. The van der Waals surface area contributed by atoms with Gasteiger partial charge in [-0.2, -0.15) is 0 Å². The lowest BCUT2D eigenvalue weighted by Gasteiger charge is -2.43. The molecule has 0 amide bonds. The van der Waals surface area contributed by atoms with Crippen LogP contribution in [-0.2, 0) is 4.74 Å². The van der Waals surface area contributed by atoms with E-state index in [4.69, 9.17) is 4.74 Å². The smallest absolute Gasteiger partial charge is 0.338 e. The van der Waals surface area contributed by atoms with Gasteiger partial charge in [0.25, 0.3) is 5.69 Å². The summed E-state index contributed by atoms with van der Waals surface area (Å²) in [6.07, 6.45) is 0.697. The molecule has 2 aromatic rings. The van der Waals surface area contributed by atoms with Crippen LogP contribution < -0.4 is 5.32 Å². The third kappa shape index (κ3) is 4.59. The number of carbonyl (C=O) groups is 1. The van der Waals surface area contributed by atoms with Crippen LogP contribution in [0.2, 0.25) is 0 Å². The number of rotatable bonds is 6. The SMILES string of the molecule is CN(C)C1CC(C(C)(C)COC(=O)c2ccc(F)cc2)Nc2ccc([N+](=O)[O-])cc21. The van der Waals surface area contributed by atoms with Crippen LogP contribution in [0, 0.1) is 21.3 Å². The average molecular weight is 415 g/mol. The van der Waals surface area contributed by atoms with Gasteiger partial charge in [0.05, 0.1) is 17.1 Å². The molecule has 1 heterocycles. The number of benzene rings is 2. The van der Waals surface area contributed by atoms with E-state index in [0.717, 1.165) is 11.3 Å². The molecule has 1 N–H and O–H groups in total. The first-order valence-corrected chi connectivity index (χ1v) is 9.72. The fraction of sp³-hybridized carbons (Fsp3) is 0.409. The van der Waals surface area contributed by atoms with E-state index in [1.54, 1.807) is 12.1 Å². The molecule has 2 atom stereocenters. The molecule has 2 aromatic carbocycles. The van der Waals surface area contributed by atoms with Crippen LogP contribution in [-0.4, -0.2) is 42.5 Å². The number of halogens is 1. The summed E-state index contributed by atoms with van der Waals surface area (Å²) >= 11 is 0. The van der Waals surface area contributed by atoms with Crippen LogP contribution in [0.5, 0.6) is 0 Å². The van der Waals surface area contributed by atoms with E-state index in [2.05, 4.69) is 5.32 Å². The van der Waals surface area contributed by atoms with Gasteiger partial charge in [0.1, 0.15) is 5.82 Å². The summed E-state index contributed by atoms with van der Waals surface area (Å²) in [7, 11) is 3.88. The summed E-state index contributed by atoms with van der Waals surface area (Å²) in [4.78, 5) is 25.1. The van der Waals surface area contributed by atoms with Crippen molar-refractivity contribution < 1.29 is 18.8 Å². The molecule has 160 valence electrons. The van der Waals surface area contributed by atoms with Crippen molar-refractivity contribution >= 4 is 17.3 Å². The van der Waals surface area contributed by atoms with Gasteiger partial charge in [0.15, 0.2) is 0 Å². The summed E-state index contributed by atoms with van der Waals surface area (Å²) in [5, 5.41) is 14.6.